The number of aliphatic hydroxyl groups is 1. The molecule has 0 radical (unpaired) electrons. The van der Waals surface area contributed by atoms with E-state index in [-0.39, 0.29) is 24.8 Å². The summed E-state index contributed by atoms with van der Waals surface area (Å²) in [5.41, 5.74) is 1.64. The van der Waals surface area contributed by atoms with E-state index in [9.17, 15) is 14.7 Å². The lowest BCUT2D eigenvalue weighted by Gasteiger charge is -2.31. The van der Waals surface area contributed by atoms with Gasteiger partial charge in [-0.2, -0.15) is 0 Å². The van der Waals surface area contributed by atoms with E-state index in [4.69, 9.17) is 4.74 Å². The minimum Gasteiger partial charge on any atom is -0.394 e. The fourth-order valence-electron chi connectivity index (χ4n) is 3.11. The van der Waals surface area contributed by atoms with E-state index in [1.165, 1.54) is 0 Å². The molecule has 0 saturated carbocycles. The van der Waals surface area contributed by atoms with Crippen LogP contribution in [-0.2, 0) is 16.0 Å². The van der Waals surface area contributed by atoms with Crippen molar-refractivity contribution in [1.82, 2.24) is 15.6 Å². The highest BCUT2D eigenvalue weighted by Crippen LogP contribution is 2.16. The van der Waals surface area contributed by atoms with Gasteiger partial charge in [0.05, 0.1) is 25.2 Å². The topological polar surface area (TPSA) is 101 Å². The second kappa shape index (κ2) is 10.5. The molecule has 2 amide bonds. The first-order valence-electron chi connectivity index (χ1n) is 9.62. The number of ether oxygens (including phenoxy) is 1. The Balaban J connectivity index is 1.47. The Labute approximate surface area is 169 Å². The van der Waals surface area contributed by atoms with Gasteiger partial charge in [-0.25, -0.2) is 0 Å². The van der Waals surface area contributed by atoms with Gasteiger partial charge >= 0.3 is 0 Å². The molecule has 7 heteroatoms. The van der Waals surface area contributed by atoms with Crippen molar-refractivity contribution in [3.05, 3.63) is 78.1 Å². The van der Waals surface area contributed by atoms with Crippen molar-refractivity contribution in [2.75, 3.05) is 13.2 Å². The van der Waals surface area contributed by atoms with Crippen molar-refractivity contribution in [3.63, 3.8) is 0 Å². The summed E-state index contributed by atoms with van der Waals surface area (Å²) in [7, 11) is 0. The Bertz CT molecular complexity index is 826. The SMILES string of the molecule is O=C(C[C@H]1C=C[C@@H](NC(=O)c2ccccc2)[C@@H](CO)O1)NCCc1ccncc1. The molecule has 1 aromatic heterocycles. The maximum Gasteiger partial charge on any atom is 0.251 e. The summed E-state index contributed by atoms with van der Waals surface area (Å²) in [6.45, 7) is 0.267. The molecule has 1 aliphatic rings. The van der Waals surface area contributed by atoms with Crippen molar-refractivity contribution in [1.29, 1.82) is 0 Å². The second-order valence-corrected chi connectivity index (χ2v) is 6.81. The number of nitrogens with zero attached hydrogens (tertiary/aromatic N) is 1. The summed E-state index contributed by atoms with van der Waals surface area (Å²) >= 11 is 0. The van der Waals surface area contributed by atoms with E-state index in [2.05, 4.69) is 15.6 Å². The Morgan fingerprint density at radius 3 is 2.55 bits per heavy atom. The number of benzene rings is 1. The number of amides is 2. The van der Waals surface area contributed by atoms with Gasteiger partial charge in [0.25, 0.3) is 5.91 Å². The van der Waals surface area contributed by atoms with Crippen LogP contribution in [0.2, 0.25) is 0 Å². The van der Waals surface area contributed by atoms with Crippen LogP contribution in [0.1, 0.15) is 22.3 Å². The van der Waals surface area contributed by atoms with Crippen LogP contribution in [-0.4, -0.2) is 53.3 Å². The molecular formula is C22H25N3O4. The quantitative estimate of drug-likeness (QED) is 0.584. The molecule has 0 bridgehead atoms. The van der Waals surface area contributed by atoms with Crippen LogP contribution >= 0.6 is 0 Å². The molecule has 29 heavy (non-hydrogen) atoms. The molecule has 1 aromatic carbocycles. The Kier molecular flexibility index (Phi) is 7.49. The van der Waals surface area contributed by atoms with Crippen LogP contribution in [0.25, 0.3) is 0 Å². The van der Waals surface area contributed by atoms with Crippen LogP contribution in [0, 0.1) is 0 Å². The highest BCUT2D eigenvalue weighted by molar-refractivity contribution is 5.94. The van der Waals surface area contributed by atoms with E-state index in [0.717, 1.165) is 12.0 Å². The van der Waals surface area contributed by atoms with Gasteiger partial charge in [0.1, 0.15) is 6.10 Å². The number of hydrogen-bond donors (Lipinski definition) is 3. The summed E-state index contributed by atoms with van der Waals surface area (Å²) in [6, 6.07) is 12.2. The largest absolute Gasteiger partial charge is 0.394 e. The maximum absolute atomic E-state index is 12.3. The van der Waals surface area contributed by atoms with Crippen LogP contribution in [0.4, 0.5) is 0 Å². The molecule has 1 aliphatic heterocycles. The molecular weight excluding hydrogens is 370 g/mol. The number of nitrogens with one attached hydrogen (secondary N) is 2. The zero-order chi connectivity index (χ0) is 20.5. The van der Waals surface area contributed by atoms with E-state index >= 15 is 0 Å². The summed E-state index contributed by atoms with van der Waals surface area (Å²) < 4.78 is 5.80. The van der Waals surface area contributed by atoms with Gasteiger partial charge in [-0.1, -0.05) is 30.4 Å². The predicted octanol–water partition coefficient (Wildman–Crippen LogP) is 1.24. The highest BCUT2D eigenvalue weighted by Gasteiger charge is 2.29. The van der Waals surface area contributed by atoms with Crippen LogP contribution in [0.5, 0.6) is 0 Å². The number of carbonyl (C=O) groups is 2. The zero-order valence-electron chi connectivity index (χ0n) is 16.0. The van der Waals surface area contributed by atoms with Crippen LogP contribution in [0.3, 0.4) is 0 Å². The van der Waals surface area contributed by atoms with Gasteiger partial charge < -0.3 is 20.5 Å². The lowest BCUT2D eigenvalue weighted by atomic mass is 10.0. The van der Waals surface area contributed by atoms with Crippen molar-refractivity contribution < 1.29 is 19.4 Å². The molecule has 152 valence electrons. The normalized spacial score (nSPS) is 20.8. The Morgan fingerprint density at radius 1 is 1.07 bits per heavy atom. The third kappa shape index (κ3) is 6.23. The Morgan fingerprint density at radius 2 is 1.83 bits per heavy atom. The third-order valence-electron chi connectivity index (χ3n) is 4.67. The van der Waals surface area contributed by atoms with Gasteiger partial charge in [-0.05, 0) is 36.2 Å². The molecule has 3 N–H and O–H groups in total. The zero-order valence-corrected chi connectivity index (χ0v) is 16.0. The number of rotatable bonds is 8. The molecule has 0 unspecified atom stereocenters. The number of aliphatic hydroxyl groups excluding tert-OH is 1. The standard InChI is InChI=1S/C22H25N3O4/c26-15-20-19(25-22(28)17-4-2-1-3-5-17)7-6-18(29-20)14-21(27)24-13-10-16-8-11-23-12-9-16/h1-9,11-12,18-20,26H,10,13-15H2,(H,24,27)(H,25,28)/t18-,19-,20-/m1/s1. The fourth-order valence-corrected chi connectivity index (χ4v) is 3.11. The third-order valence-corrected chi connectivity index (χ3v) is 4.67. The van der Waals surface area contributed by atoms with E-state index in [1.54, 1.807) is 48.8 Å². The molecule has 0 fully saturated rings. The molecule has 2 aromatic rings. The molecule has 3 rings (SSSR count). The molecule has 0 spiro atoms. The minimum absolute atomic E-state index is 0.128. The average molecular weight is 395 g/mol. The fraction of sp³-hybridized carbons (Fsp3) is 0.318. The van der Waals surface area contributed by atoms with Crippen LogP contribution < -0.4 is 10.6 Å². The van der Waals surface area contributed by atoms with Gasteiger partial charge in [0.2, 0.25) is 5.91 Å². The van der Waals surface area contributed by atoms with Crippen molar-refractivity contribution in [3.8, 4) is 0 Å². The molecule has 2 heterocycles. The maximum atomic E-state index is 12.3. The highest BCUT2D eigenvalue weighted by atomic mass is 16.5. The summed E-state index contributed by atoms with van der Waals surface area (Å²) in [5, 5.41) is 15.4. The number of carbonyl (C=O) groups excluding carboxylic acids is 2. The first-order chi connectivity index (χ1) is 14.2. The molecule has 7 nitrogen and oxygen atoms in total. The summed E-state index contributed by atoms with van der Waals surface area (Å²) in [5.74, 6) is -0.369. The first kappa shape index (κ1) is 20.7. The molecule has 0 aliphatic carbocycles. The lowest BCUT2D eigenvalue weighted by Crippen LogP contribution is -2.49. The number of aromatic nitrogens is 1. The minimum atomic E-state index is -0.609. The van der Waals surface area contributed by atoms with Gasteiger partial charge in [0.15, 0.2) is 0 Å². The lowest BCUT2D eigenvalue weighted by molar-refractivity contribution is -0.125. The van der Waals surface area contributed by atoms with E-state index in [0.29, 0.717) is 12.1 Å². The van der Waals surface area contributed by atoms with Crippen molar-refractivity contribution in [2.45, 2.75) is 31.1 Å². The molecule has 0 saturated heterocycles. The van der Waals surface area contributed by atoms with Crippen LogP contribution in [0.15, 0.2) is 67.0 Å². The summed E-state index contributed by atoms with van der Waals surface area (Å²) in [4.78, 5) is 28.5. The summed E-state index contributed by atoms with van der Waals surface area (Å²) in [6.07, 6.45) is 6.80. The van der Waals surface area contributed by atoms with Gasteiger partial charge in [-0.15, -0.1) is 0 Å². The smallest absolute Gasteiger partial charge is 0.251 e. The Hall–Kier alpha value is -3.03. The van der Waals surface area contributed by atoms with Crippen molar-refractivity contribution >= 4 is 11.8 Å². The molecule has 3 atom stereocenters. The van der Waals surface area contributed by atoms with E-state index in [1.807, 2.05) is 18.2 Å². The number of pyridine rings is 1. The predicted molar refractivity (Wildman–Crippen MR) is 108 cm³/mol. The monoisotopic (exact) mass is 395 g/mol. The average Bonchev–Trinajstić information content (AvgIpc) is 2.76. The first-order valence-corrected chi connectivity index (χ1v) is 9.62. The van der Waals surface area contributed by atoms with Gasteiger partial charge in [-0.3, -0.25) is 14.6 Å². The van der Waals surface area contributed by atoms with Crippen molar-refractivity contribution in [2.24, 2.45) is 0 Å². The number of hydrogen-bond acceptors (Lipinski definition) is 5. The van der Waals surface area contributed by atoms with Gasteiger partial charge in [0, 0.05) is 24.5 Å². The van der Waals surface area contributed by atoms with E-state index < -0.39 is 18.2 Å². The second-order valence-electron chi connectivity index (χ2n) is 6.81.